The van der Waals surface area contributed by atoms with E-state index in [1.165, 1.54) is 5.56 Å². The smallest absolute Gasteiger partial charge is 0.323 e. The Hall–Kier alpha value is -3.51. The molecule has 170 valence electrons. The molecule has 0 aromatic heterocycles. The number of aryl methyl sites for hydroxylation is 1. The summed E-state index contributed by atoms with van der Waals surface area (Å²) < 4.78 is 0. The zero-order valence-electron chi connectivity index (χ0n) is 18.5. The van der Waals surface area contributed by atoms with Crippen LogP contribution in [-0.2, 0) is 6.54 Å². The summed E-state index contributed by atoms with van der Waals surface area (Å²) in [5, 5.41) is 9.09. The van der Waals surface area contributed by atoms with Gasteiger partial charge in [0.15, 0.2) is 0 Å². The number of anilines is 3. The standard InChI is InChI=1S/C26H27ClN4O2/c1-18-8-10-19(11-9-18)17-28-25(32)20-12-13-24(31-14-4-5-15-31)23(16-20)30-26(33)29-22-7-3-2-6-21(22)27/h2-3,6-13,16H,4-5,14-15,17H2,1H3,(H,28,32)(H2,29,30,33). The summed E-state index contributed by atoms with van der Waals surface area (Å²) in [6.07, 6.45) is 2.20. The lowest BCUT2D eigenvalue weighted by Gasteiger charge is -2.22. The third kappa shape index (κ3) is 5.84. The molecule has 1 fully saturated rings. The Balaban J connectivity index is 1.51. The van der Waals surface area contributed by atoms with E-state index in [1.54, 1.807) is 36.4 Å². The molecule has 1 aliphatic heterocycles. The number of carbonyl (C=O) groups is 2. The third-order valence-corrected chi connectivity index (χ3v) is 5.98. The third-order valence-electron chi connectivity index (χ3n) is 5.65. The molecule has 1 saturated heterocycles. The molecule has 3 N–H and O–H groups in total. The van der Waals surface area contributed by atoms with Crippen LogP contribution in [0.25, 0.3) is 0 Å². The minimum atomic E-state index is -0.416. The van der Waals surface area contributed by atoms with Crippen molar-refractivity contribution in [2.75, 3.05) is 28.6 Å². The summed E-state index contributed by atoms with van der Waals surface area (Å²) in [4.78, 5) is 27.8. The van der Waals surface area contributed by atoms with Crippen molar-refractivity contribution in [3.63, 3.8) is 0 Å². The Bertz CT molecular complexity index is 1140. The molecule has 7 heteroatoms. The molecule has 0 bridgehead atoms. The molecule has 3 aromatic rings. The minimum absolute atomic E-state index is 0.196. The van der Waals surface area contributed by atoms with Crippen LogP contribution in [0.3, 0.4) is 0 Å². The highest BCUT2D eigenvalue weighted by atomic mass is 35.5. The van der Waals surface area contributed by atoms with Gasteiger partial charge in [0, 0.05) is 25.2 Å². The van der Waals surface area contributed by atoms with Gasteiger partial charge in [-0.15, -0.1) is 0 Å². The van der Waals surface area contributed by atoms with Gasteiger partial charge in [-0.1, -0.05) is 53.6 Å². The van der Waals surface area contributed by atoms with Crippen LogP contribution in [0.5, 0.6) is 0 Å². The summed E-state index contributed by atoms with van der Waals surface area (Å²) in [7, 11) is 0. The number of rotatable bonds is 6. The maximum Gasteiger partial charge on any atom is 0.323 e. The Morgan fingerprint density at radius 1 is 0.909 bits per heavy atom. The quantitative estimate of drug-likeness (QED) is 0.432. The molecule has 1 aliphatic rings. The van der Waals surface area contributed by atoms with Crippen molar-refractivity contribution in [1.82, 2.24) is 5.32 Å². The number of carbonyl (C=O) groups excluding carboxylic acids is 2. The largest absolute Gasteiger partial charge is 0.370 e. The minimum Gasteiger partial charge on any atom is -0.370 e. The number of hydrogen-bond acceptors (Lipinski definition) is 3. The monoisotopic (exact) mass is 462 g/mol. The number of urea groups is 1. The van der Waals surface area contributed by atoms with E-state index in [1.807, 2.05) is 37.3 Å². The van der Waals surface area contributed by atoms with Crippen molar-refractivity contribution >= 4 is 40.6 Å². The van der Waals surface area contributed by atoms with Crippen molar-refractivity contribution in [3.8, 4) is 0 Å². The second-order valence-electron chi connectivity index (χ2n) is 8.15. The van der Waals surface area contributed by atoms with E-state index >= 15 is 0 Å². The fourth-order valence-corrected chi connectivity index (χ4v) is 4.02. The molecular formula is C26H27ClN4O2. The van der Waals surface area contributed by atoms with E-state index in [-0.39, 0.29) is 5.91 Å². The molecule has 0 aliphatic carbocycles. The van der Waals surface area contributed by atoms with Crippen molar-refractivity contribution < 1.29 is 9.59 Å². The molecule has 4 rings (SSSR count). The fraction of sp³-hybridized carbons (Fsp3) is 0.231. The van der Waals surface area contributed by atoms with Crippen LogP contribution in [0.2, 0.25) is 5.02 Å². The Morgan fingerprint density at radius 3 is 2.33 bits per heavy atom. The van der Waals surface area contributed by atoms with Crippen LogP contribution in [0.4, 0.5) is 21.9 Å². The highest BCUT2D eigenvalue weighted by Crippen LogP contribution is 2.30. The first-order valence-corrected chi connectivity index (χ1v) is 11.4. The van der Waals surface area contributed by atoms with Gasteiger partial charge in [0.1, 0.15) is 0 Å². The Labute approximate surface area is 198 Å². The lowest BCUT2D eigenvalue weighted by atomic mass is 10.1. The average molecular weight is 463 g/mol. The van der Waals surface area contributed by atoms with E-state index in [2.05, 4.69) is 20.9 Å². The average Bonchev–Trinajstić information content (AvgIpc) is 3.35. The number of halogens is 1. The summed E-state index contributed by atoms with van der Waals surface area (Å²) in [6, 6.07) is 20.1. The number of hydrogen-bond donors (Lipinski definition) is 3. The van der Waals surface area contributed by atoms with Crippen LogP contribution in [0, 0.1) is 6.92 Å². The molecule has 3 amide bonds. The topological polar surface area (TPSA) is 73.5 Å². The summed E-state index contributed by atoms with van der Waals surface area (Å²) in [5.74, 6) is -0.196. The second-order valence-corrected chi connectivity index (χ2v) is 8.56. The normalized spacial score (nSPS) is 13.0. The first-order valence-electron chi connectivity index (χ1n) is 11.0. The van der Waals surface area contributed by atoms with Gasteiger partial charge in [-0.2, -0.15) is 0 Å². The lowest BCUT2D eigenvalue weighted by molar-refractivity contribution is 0.0951. The molecular weight excluding hydrogens is 436 g/mol. The lowest BCUT2D eigenvalue weighted by Crippen LogP contribution is -2.26. The maximum atomic E-state index is 12.8. The highest BCUT2D eigenvalue weighted by Gasteiger charge is 2.19. The van der Waals surface area contributed by atoms with E-state index in [4.69, 9.17) is 11.6 Å². The first kappa shape index (κ1) is 22.7. The van der Waals surface area contributed by atoms with E-state index in [0.717, 1.165) is 37.2 Å². The zero-order chi connectivity index (χ0) is 23.2. The molecule has 0 saturated carbocycles. The first-order chi connectivity index (χ1) is 16.0. The Morgan fingerprint density at radius 2 is 1.61 bits per heavy atom. The molecule has 6 nitrogen and oxygen atoms in total. The van der Waals surface area contributed by atoms with Gasteiger partial charge < -0.3 is 20.9 Å². The number of benzene rings is 3. The molecule has 0 spiro atoms. The van der Waals surface area contributed by atoms with Gasteiger partial charge in [-0.25, -0.2) is 4.79 Å². The number of nitrogens with one attached hydrogen (secondary N) is 3. The molecule has 0 radical (unpaired) electrons. The second kappa shape index (κ2) is 10.4. The molecule has 3 aromatic carbocycles. The van der Waals surface area contributed by atoms with Crippen molar-refractivity contribution in [3.05, 3.63) is 88.4 Å². The summed E-state index contributed by atoms with van der Waals surface area (Å²) >= 11 is 6.16. The summed E-state index contributed by atoms with van der Waals surface area (Å²) in [5.41, 5.74) is 4.69. The van der Waals surface area contributed by atoms with E-state index < -0.39 is 6.03 Å². The van der Waals surface area contributed by atoms with Gasteiger partial charge in [0.2, 0.25) is 0 Å². The van der Waals surface area contributed by atoms with E-state index in [0.29, 0.717) is 28.5 Å². The van der Waals surface area contributed by atoms with Gasteiger partial charge in [-0.3, -0.25) is 4.79 Å². The predicted octanol–water partition coefficient (Wildman–Crippen LogP) is 5.82. The SMILES string of the molecule is Cc1ccc(CNC(=O)c2ccc(N3CCCC3)c(NC(=O)Nc3ccccc3Cl)c2)cc1. The van der Waals surface area contributed by atoms with Crippen molar-refractivity contribution in [2.45, 2.75) is 26.3 Å². The van der Waals surface area contributed by atoms with Crippen LogP contribution >= 0.6 is 11.6 Å². The van der Waals surface area contributed by atoms with Crippen molar-refractivity contribution in [1.29, 1.82) is 0 Å². The molecule has 33 heavy (non-hydrogen) atoms. The number of para-hydroxylation sites is 1. The predicted molar refractivity (Wildman–Crippen MR) is 134 cm³/mol. The molecule has 0 atom stereocenters. The maximum absolute atomic E-state index is 12.8. The number of amides is 3. The molecule has 0 unspecified atom stereocenters. The van der Waals surface area contributed by atoms with Crippen LogP contribution in [-0.4, -0.2) is 25.0 Å². The highest BCUT2D eigenvalue weighted by molar-refractivity contribution is 6.33. The van der Waals surface area contributed by atoms with E-state index in [9.17, 15) is 9.59 Å². The fourth-order valence-electron chi connectivity index (χ4n) is 3.84. The van der Waals surface area contributed by atoms with Gasteiger partial charge >= 0.3 is 6.03 Å². The van der Waals surface area contributed by atoms with Crippen LogP contribution in [0.1, 0.15) is 34.3 Å². The van der Waals surface area contributed by atoms with Gasteiger partial charge in [0.05, 0.1) is 22.1 Å². The number of nitrogens with zero attached hydrogens (tertiary/aromatic N) is 1. The Kier molecular flexibility index (Phi) is 7.15. The van der Waals surface area contributed by atoms with Gasteiger partial charge in [-0.05, 0) is 55.7 Å². The van der Waals surface area contributed by atoms with Crippen molar-refractivity contribution in [2.24, 2.45) is 0 Å². The zero-order valence-corrected chi connectivity index (χ0v) is 19.3. The molecule has 1 heterocycles. The van der Waals surface area contributed by atoms with Crippen LogP contribution < -0.4 is 20.9 Å². The van der Waals surface area contributed by atoms with Gasteiger partial charge in [0.25, 0.3) is 5.91 Å². The van der Waals surface area contributed by atoms with Crippen LogP contribution in [0.15, 0.2) is 66.7 Å². The summed E-state index contributed by atoms with van der Waals surface area (Å²) in [6.45, 7) is 4.29.